The lowest BCUT2D eigenvalue weighted by atomic mass is 9.75. The molecule has 24 heavy (non-hydrogen) atoms. The van der Waals surface area contributed by atoms with Gasteiger partial charge in [-0.15, -0.1) is 0 Å². The summed E-state index contributed by atoms with van der Waals surface area (Å²) in [6, 6.07) is 9.81. The van der Waals surface area contributed by atoms with Crippen LogP contribution in [0.1, 0.15) is 11.1 Å². The molecule has 0 unspecified atom stereocenters. The molecule has 3 heterocycles. The minimum absolute atomic E-state index is 0.0988. The lowest BCUT2D eigenvalue weighted by Crippen LogP contribution is -2.64. The first kappa shape index (κ1) is 14.2. The van der Waals surface area contributed by atoms with Gasteiger partial charge in [0.15, 0.2) is 23.1 Å². The van der Waals surface area contributed by atoms with Gasteiger partial charge in [0.05, 0.1) is 25.0 Å². The van der Waals surface area contributed by atoms with Crippen molar-refractivity contribution in [2.45, 2.75) is 18.6 Å². The molecule has 1 spiro atoms. The zero-order valence-electron chi connectivity index (χ0n) is 12.9. The summed E-state index contributed by atoms with van der Waals surface area (Å²) < 4.78 is 46.5. The SMILES string of the molecule is Fc1cccc2c1OC13Oc4c(F)cccc4C[C@H]1COC[C@@H]3C2. The molecule has 0 aromatic heterocycles. The summed E-state index contributed by atoms with van der Waals surface area (Å²) in [5.74, 6) is -1.64. The summed E-state index contributed by atoms with van der Waals surface area (Å²) >= 11 is 0. The maximum atomic E-state index is 14.3. The van der Waals surface area contributed by atoms with Crippen LogP contribution in [-0.2, 0) is 17.6 Å². The first-order valence-corrected chi connectivity index (χ1v) is 8.18. The van der Waals surface area contributed by atoms with Crippen LogP contribution in [-0.4, -0.2) is 19.0 Å². The number of halogens is 2. The third-order valence-corrected chi connectivity index (χ3v) is 5.33. The van der Waals surface area contributed by atoms with Gasteiger partial charge in [-0.05, 0) is 36.1 Å². The molecule has 0 saturated carbocycles. The highest BCUT2D eigenvalue weighted by Gasteiger charge is 2.58. The predicted molar refractivity (Wildman–Crippen MR) is 82.0 cm³/mol. The van der Waals surface area contributed by atoms with Gasteiger partial charge in [0.1, 0.15) is 0 Å². The second kappa shape index (κ2) is 4.93. The minimum atomic E-state index is -1.07. The van der Waals surface area contributed by atoms with Gasteiger partial charge in [-0.1, -0.05) is 24.3 Å². The van der Waals surface area contributed by atoms with Crippen LogP contribution < -0.4 is 9.47 Å². The van der Waals surface area contributed by atoms with E-state index < -0.39 is 17.4 Å². The van der Waals surface area contributed by atoms with E-state index in [1.165, 1.54) is 12.1 Å². The Morgan fingerprint density at radius 1 is 0.792 bits per heavy atom. The van der Waals surface area contributed by atoms with Crippen LogP contribution in [0.5, 0.6) is 11.5 Å². The highest BCUT2D eigenvalue weighted by atomic mass is 19.1. The molecule has 0 amide bonds. The van der Waals surface area contributed by atoms with Gasteiger partial charge >= 0.3 is 0 Å². The van der Waals surface area contributed by atoms with Crippen molar-refractivity contribution in [3.8, 4) is 11.5 Å². The summed E-state index contributed by atoms with van der Waals surface area (Å²) in [6.07, 6.45) is 1.18. The molecular weight excluding hydrogens is 314 g/mol. The van der Waals surface area contributed by atoms with E-state index in [4.69, 9.17) is 14.2 Å². The number of para-hydroxylation sites is 2. The van der Waals surface area contributed by atoms with Crippen LogP contribution in [0.25, 0.3) is 0 Å². The molecule has 124 valence electrons. The average molecular weight is 330 g/mol. The molecule has 5 rings (SSSR count). The molecule has 3 aliphatic rings. The summed E-state index contributed by atoms with van der Waals surface area (Å²) in [5, 5.41) is 0. The minimum Gasteiger partial charge on any atom is -0.448 e. The fourth-order valence-corrected chi connectivity index (χ4v) is 4.18. The molecule has 0 aliphatic carbocycles. The van der Waals surface area contributed by atoms with E-state index >= 15 is 0 Å². The Kier molecular flexibility index (Phi) is 2.92. The quantitative estimate of drug-likeness (QED) is 0.740. The number of benzene rings is 2. The molecule has 0 bridgehead atoms. The van der Waals surface area contributed by atoms with E-state index in [0.29, 0.717) is 26.1 Å². The fraction of sp³-hybridized carbons (Fsp3) is 0.368. The molecule has 1 saturated heterocycles. The monoisotopic (exact) mass is 330 g/mol. The van der Waals surface area contributed by atoms with Crippen molar-refractivity contribution in [1.82, 2.24) is 0 Å². The van der Waals surface area contributed by atoms with Gasteiger partial charge in [0.2, 0.25) is 0 Å². The molecule has 2 aromatic rings. The van der Waals surface area contributed by atoms with E-state index in [9.17, 15) is 8.78 Å². The number of hydrogen-bond donors (Lipinski definition) is 0. The fourth-order valence-electron chi connectivity index (χ4n) is 4.18. The van der Waals surface area contributed by atoms with E-state index in [-0.39, 0.29) is 23.3 Å². The van der Waals surface area contributed by atoms with Crippen molar-refractivity contribution in [1.29, 1.82) is 0 Å². The standard InChI is InChI=1S/C19H16F2O3/c20-15-5-1-3-11-7-13-9-22-10-14-8-12-4-2-6-16(21)18(12)24-19(13,14)23-17(11)15/h1-6,13-14H,7-10H2/t13-,14-,19?/m0/s1. The summed E-state index contributed by atoms with van der Waals surface area (Å²) in [5.41, 5.74) is 1.61. The molecule has 3 nitrogen and oxygen atoms in total. The topological polar surface area (TPSA) is 27.7 Å². The zero-order valence-corrected chi connectivity index (χ0v) is 12.9. The van der Waals surface area contributed by atoms with Gasteiger partial charge < -0.3 is 14.2 Å². The van der Waals surface area contributed by atoms with Crippen LogP contribution in [0, 0.1) is 23.5 Å². The van der Waals surface area contributed by atoms with Crippen LogP contribution in [0.2, 0.25) is 0 Å². The lowest BCUT2D eigenvalue weighted by molar-refractivity contribution is -0.259. The molecular formula is C19H16F2O3. The van der Waals surface area contributed by atoms with Crippen molar-refractivity contribution >= 4 is 0 Å². The Morgan fingerprint density at radius 3 is 1.79 bits per heavy atom. The van der Waals surface area contributed by atoms with Crippen LogP contribution >= 0.6 is 0 Å². The predicted octanol–water partition coefficient (Wildman–Crippen LogP) is 3.49. The summed E-state index contributed by atoms with van der Waals surface area (Å²) in [4.78, 5) is 0. The maximum absolute atomic E-state index is 14.3. The summed E-state index contributed by atoms with van der Waals surface area (Å²) in [6.45, 7) is 0.909. The normalized spacial score (nSPS) is 30.1. The van der Waals surface area contributed by atoms with E-state index in [1.54, 1.807) is 12.1 Å². The smallest absolute Gasteiger partial charge is 0.262 e. The third-order valence-electron chi connectivity index (χ3n) is 5.33. The van der Waals surface area contributed by atoms with Crippen molar-refractivity contribution in [2.75, 3.05) is 13.2 Å². The highest BCUT2D eigenvalue weighted by Crippen LogP contribution is 2.50. The average Bonchev–Trinajstić information content (AvgIpc) is 2.58. The molecule has 1 fully saturated rings. The lowest BCUT2D eigenvalue weighted by Gasteiger charge is -2.53. The van der Waals surface area contributed by atoms with Gasteiger partial charge in [0, 0.05) is 0 Å². The third kappa shape index (κ3) is 1.85. The number of rotatable bonds is 0. The molecule has 0 radical (unpaired) electrons. The van der Waals surface area contributed by atoms with Crippen molar-refractivity contribution < 1.29 is 23.0 Å². The van der Waals surface area contributed by atoms with E-state index in [1.807, 2.05) is 12.1 Å². The van der Waals surface area contributed by atoms with E-state index in [2.05, 4.69) is 0 Å². The van der Waals surface area contributed by atoms with Gasteiger partial charge in [-0.2, -0.15) is 0 Å². The Hall–Kier alpha value is -2.14. The second-order valence-electron chi connectivity index (χ2n) is 6.72. The van der Waals surface area contributed by atoms with Gasteiger partial charge in [-0.25, -0.2) is 8.78 Å². The van der Waals surface area contributed by atoms with Crippen LogP contribution in [0.3, 0.4) is 0 Å². The number of hydrogen-bond acceptors (Lipinski definition) is 3. The Labute approximate surface area is 138 Å². The van der Waals surface area contributed by atoms with Crippen LogP contribution in [0.15, 0.2) is 36.4 Å². The van der Waals surface area contributed by atoms with E-state index in [0.717, 1.165) is 11.1 Å². The second-order valence-corrected chi connectivity index (χ2v) is 6.72. The van der Waals surface area contributed by atoms with Crippen molar-refractivity contribution in [3.05, 3.63) is 59.2 Å². The molecule has 5 heteroatoms. The largest absolute Gasteiger partial charge is 0.448 e. The molecule has 3 aliphatic heterocycles. The Balaban J connectivity index is 1.65. The molecule has 0 N–H and O–H groups in total. The molecule has 2 aromatic carbocycles. The maximum Gasteiger partial charge on any atom is 0.262 e. The van der Waals surface area contributed by atoms with Crippen molar-refractivity contribution in [3.63, 3.8) is 0 Å². The van der Waals surface area contributed by atoms with Crippen LogP contribution in [0.4, 0.5) is 8.78 Å². The molecule has 2 atom stereocenters. The van der Waals surface area contributed by atoms with Gasteiger partial charge in [-0.3, -0.25) is 0 Å². The highest BCUT2D eigenvalue weighted by molar-refractivity contribution is 5.42. The number of ether oxygens (including phenoxy) is 3. The Bertz CT molecular complexity index is 753. The first-order valence-electron chi connectivity index (χ1n) is 8.18. The number of fused-ring (bicyclic) bond motifs is 2. The Morgan fingerprint density at radius 2 is 1.29 bits per heavy atom. The zero-order chi connectivity index (χ0) is 16.3. The summed E-state index contributed by atoms with van der Waals surface area (Å²) in [7, 11) is 0. The first-order chi connectivity index (χ1) is 11.7. The van der Waals surface area contributed by atoms with Gasteiger partial charge in [0.25, 0.3) is 5.79 Å². The van der Waals surface area contributed by atoms with Crippen molar-refractivity contribution in [2.24, 2.45) is 11.8 Å².